The number of benzene rings is 1. The molecule has 26 heavy (non-hydrogen) atoms. The Labute approximate surface area is 152 Å². The number of pyridine rings is 1. The van der Waals surface area contributed by atoms with Crippen LogP contribution in [0.1, 0.15) is 12.7 Å². The zero-order chi connectivity index (χ0) is 17.9. The zero-order valence-corrected chi connectivity index (χ0v) is 15.0. The number of aromatic nitrogens is 3. The van der Waals surface area contributed by atoms with Crippen molar-refractivity contribution in [1.82, 2.24) is 24.3 Å². The van der Waals surface area contributed by atoms with Crippen molar-refractivity contribution in [3.05, 3.63) is 64.8 Å². The Morgan fingerprint density at radius 3 is 2.42 bits per heavy atom. The van der Waals surface area contributed by atoms with E-state index in [2.05, 4.69) is 21.7 Å². The molecule has 4 rings (SSSR count). The van der Waals surface area contributed by atoms with E-state index in [1.807, 2.05) is 30.3 Å². The summed E-state index contributed by atoms with van der Waals surface area (Å²) in [7, 11) is 0. The maximum Gasteiger partial charge on any atom is 0.267 e. The molecule has 1 aliphatic rings. The molecule has 1 fully saturated rings. The van der Waals surface area contributed by atoms with E-state index in [0.29, 0.717) is 17.6 Å². The molecule has 3 aromatic rings. The minimum Gasteiger partial charge on any atom is -0.301 e. The van der Waals surface area contributed by atoms with Gasteiger partial charge >= 0.3 is 0 Å². The molecule has 6 heteroatoms. The van der Waals surface area contributed by atoms with Crippen molar-refractivity contribution in [2.75, 3.05) is 32.7 Å². The van der Waals surface area contributed by atoms with Crippen molar-refractivity contribution >= 4 is 11.0 Å². The Morgan fingerprint density at radius 2 is 1.69 bits per heavy atom. The van der Waals surface area contributed by atoms with Gasteiger partial charge in [0, 0.05) is 32.4 Å². The summed E-state index contributed by atoms with van der Waals surface area (Å²) in [6, 6.07) is 13.3. The molecule has 0 bridgehead atoms. The summed E-state index contributed by atoms with van der Waals surface area (Å²) < 4.78 is 1.73. The van der Waals surface area contributed by atoms with E-state index in [1.165, 1.54) is 0 Å². The first kappa shape index (κ1) is 16.9. The Balaban J connectivity index is 1.76. The minimum atomic E-state index is -0.0588. The van der Waals surface area contributed by atoms with E-state index in [4.69, 9.17) is 4.98 Å². The lowest BCUT2D eigenvalue weighted by Crippen LogP contribution is -2.46. The number of likely N-dealkylation sites (N-methyl/N-ethyl adjacent to an activating group) is 1. The van der Waals surface area contributed by atoms with Crippen LogP contribution < -0.4 is 5.56 Å². The molecule has 0 spiro atoms. The lowest BCUT2D eigenvalue weighted by atomic mass is 10.2. The normalized spacial score (nSPS) is 16.2. The van der Waals surface area contributed by atoms with Crippen LogP contribution in [0.15, 0.2) is 53.5 Å². The van der Waals surface area contributed by atoms with Gasteiger partial charge < -0.3 is 4.90 Å². The molecule has 0 N–H and O–H groups in total. The van der Waals surface area contributed by atoms with Gasteiger partial charge in [-0.2, -0.15) is 0 Å². The topological polar surface area (TPSA) is 54.3 Å². The molecule has 0 aliphatic carbocycles. The molecule has 1 saturated heterocycles. The van der Waals surface area contributed by atoms with Crippen molar-refractivity contribution in [1.29, 1.82) is 0 Å². The molecule has 1 aromatic carbocycles. The fourth-order valence-electron chi connectivity index (χ4n) is 3.48. The highest BCUT2D eigenvalue weighted by Crippen LogP contribution is 2.14. The fourth-order valence-corrected chi connectivity index (χ4v) is 3.48. The first-order valence-corrected chi connectivity index (χ1v) is 9.13. The monoisotopic (exact) mass is 349 g/mol. The van der Waals surface area contributed by atoms with Gasteiger partial charge in [-0.3, -0.25) is 14.3 Å². The third kappa shape index (κ3) is 3.25. The van der Waals surface area contributed by atoms with Crippen LogP contribution >= 0.6 is 0 Å². The summed E-state index contributed by atoms with van der Waals surface area (Å²) >= 11 is 0. The summed E-state index contributed by atoms with van der Waals surface area (Å²) in [5, 5.41) is 0.552. The summed E-state index contributed by atoms with van der Waals surface area (Å²) in [6.07, 6.45) is 1.69. The minimum absolute atomic E-state index is 0.0588. The molecule has 0 saturated carbocycles. The summed E-state index contributed by atoms with van der Waals surface area (Å²) in [6.45, 7) is 8.00. The second-order valence-electron chi connectivity index (χ2n) is 6.59. The summed E-state index contributed by atoms with van der Waals surface area (Å²) in [4.78, 5) is 27.0. The fraction of sp³-hybridized carbons (Fsp3) is 0.350. The number of fused-ring (bicyclic) bond motifs is 1. The van der Waals surface area contributed by atoms with Gasteiger partial charge in [0.15, 0.2) is 5.65 Å². The van der Waals surface area contributed by atoms with E-state index in [-0.39, 0.29) is 5.56 Å². The SMILES string of the molecule is CCN1CCN(Cc2nc3ncccc3c(=O)n2-c2ccccc2)CC1. The van der Waals surface area contributed by atoms with Crippen LogP contribution in [-0.2, 0) is 6.54 Å². The molecule has 0 unspecified atom stereocenters. The number of piperazine rings is 1. The van der Waals surface area contributed by atoms with Crippen LogP contribution in [0.2, 0.25) is 0 Å². The van der Waals surface area contributed by atoms with E-state index in [0.717, 1.165) is 44.2 Å². The van der Waals surface area contributed by atoms with Crippen molar-refractivity contribution in [3.8, 4) is 5.69 Å². The first-order chi connectivity index (χ1) is 12.8. The van der Waals surface area contributed by atoms with Gasteiger partial charge in [0.2, 0.25) is 0 Å². The second kappa shape index (κ2) is 7.35. The van der Waals surface area contributed by atoms with Gasteiger partial charge in [0.05, 0.1) is 17.6 Å². The molecule has 0 radical (unpaired) electrons. The highest BCUT2D eigenvalue weighted by atomic mass is 16.1. The van der Waals surface area contributed by atoms with E-state index < -0.39 is 0 Å². The third-order valence-electron chi connectivity index (χ3n) is 5.00. The number of rotatable bonds is 4. The van der Waals surface area contributed by atoms with Gasteiger partial charge in [-0.15, -0.1) is 0 Å². The first-order valence-electron chi connectivity index (χ1n) is 9.13. The van der Waals surface area contributed by atoms with E-state index in [9.17, 15) is 4.79 Å². The van der Waals surface area contributed by atoms with Crippen LogP contribution in [0, 0.1) is 0 Å². The average Bonchev–Trinajstić information content (AvgIpc) is 2.69. The van der Waals surface area contributed by atoms with Crippen molar-refractivity contribution < 1.29 is 0 Å². The molecule has 2 aromatic heterocycles. The standard InChI is InChI=1S/C20H23N5O/c1-2-23-11-13-24(14-12-23)15-18-22-19-17(9-6-10-21-19)20(26)25(18)16-7-4-3-5-8-16/h3-10H,2,11-15H2,1H3. The van der Waals surface area contributed by atoms with Gasteiger partial charge in [0.1, 0.15) is 5.82 Å². The number of nitrogens with zero attached hydrogens (tertiary/aromatic N) is 5. The van der Waals surface area contributed by atoms with Gasteiger partial charge in [-0.05, 0) is 30.8 Å². The molecule has 3 heterocycles. The maximum absolute atomic E-state index is 13.1. The molecule has 6 nitrogen and oxygen atoms in total. The molecule has 0 amide bonds. The summed E-state index contributed by atoms with van der Waals surface area (Å²) in [5.41, 5.74) is 1.31. The Kier molecular flexibility index (Phi) is 4.77. The highest BCUT2D eigenvalue weighted by Gasteiger charge is 2.19. The van der Waals surface area contributed by atoms with Crippen LogP contribution in [0.3, 0.4) is 0 Å². The quantitative estimate of drug-likeness (QED) is 0.720. The molecule has 134 valence electrons. The van der Waals surface area contributed by atoms with Crippen molar-refractivity contribution in [3.63, 3.8) is 0 Å². The number of hydrogen-bond donors (Lipinski definition) is 0. The smallest absolute Gasteiger partial charge is 0.267 e. The molecule has 0 atom stereocenters. The molecular weight excluding hydrogens is 326 g/mol. The third-order valence-corrected chi connectivity index (χ3v) is 5.00. The van der Waals surface area contributed by atoms with Gasteiger partial charge in [-0.25, -0.2) is 9.97 Å². The maximum atomic E-state index is 13.1. The van der Waals surface area contributed by atoms with E-state index in [1.54, 1.807) is 22.9 Å². The van der Waals surface area contributed by atoms with Crippen LogP contribution in [0.25, 0.3) is 16.7 Å². The lowest BCUT2D eigenvalue weighted by molar-refractivity contribution is 0.129. The van der Waals surface area contributed by atoms with Gasteiger partial charge in [0.25, 0.3) is 5.56 Å². The Hall–Kier alpha value is -2.57. The van der Waals surface area contributed by atoms with Crippen LogP contribution in [0.4, 0.5) is 0 Å². The number of hydrogen-bond acceptors (Lipinski definition) is 5. The van der Waals surface area contributed by atoms with Crippen molar-refractivity contribution in [2.45, 2.75) is 13.5 Å². The van der Waals surface area contributed by atoms with Crippen LogP contribution in [-0.4, -0.2) is 57.1 Å². The predicted molar refractivity (Wildman–Crippen MR) is 103 cm³/mol. The molecular formula is C20H23N5O. The average molecular weight is 349 g/mol. The Morgan fingerprint density at radius 1 is 0.962 bits per heavy atom. The highest BCUT2D eigenvalue weighted by molar-refractivity contribution is 5.73. The predicted octanol–water partition coefficient (Wildman–Crippen LogP) is 1.92. The zero-order valence-electron chi connectivity index (χ0n) is 15.0. The van der Waals surface area contributed by atoms with E-state index >= 15 is 0 Å². The van der Waals surface area contributed by atoms with Gasteiger partial charge in [-0.1, -0.05) is 25.1 Å². The summed E-state index contributed by atoms with van der Waals surface area (Å²) in [5.74, 6) is 0.748. The van der Waals surface area contributed by atoms with Crippen LogP contribution in [0.5, 0.6) is 0 Å². The second-order valence-corrected chi connectivity index (χ2v) is 6.59. The Bertz CT molecular complexity index is 945. The largest absolute Gasteiger partial charge is 0.301 e. The van der Waals surface area contributed by atoms with Crippen molar-refractivity contribution in [2.24, 2.45) is 0 Å². The lowest BCUT2D eigenvalue weighted by Gasteiger charge is -2.34. The molecule has 1 aliphatic heterocycles. The number of para-hydroxylation sites is 1.